The molecule has 88 valence electrons. The third-order valence-electron chi connectivity index (χ3n) is 1.75. The van der Waals surface area contributed by atoms with E-state index in [1.54, 1.807) is 6.92 Å². The summed E-state index contributed by atoms with van der Waals surface area (Å²) in [6.07, 6.45) is 0. The predicted octanol–water partition coefficient (Wildman–Crippen LogP) is 0.650. The molecule has 0 bridgehead atoms. The van der Waals surface area contributed by atoms with Crippen LogP contribution in [-0.2, 0) is 14.8 Å². The smallest absolute Gasteiger partial charge is 0.338 e. The lowest BCUT2D eigenvalue weighted by atomic mass is 10.2. The van der Waals surface area contributed by atoms with E-state index in [2.05, 4.69) is 4.74 Å². The van der Waals surface area contributed by atoms with Gasteiger partial charge in [0.15, 0.2) is 0 Å². The van der Waals surface area contributed by atoms with E-state index in [1.165, 1.54) is 0 Å². The van der Waals surface area contributed by atoms with E-state index in [4.69, 9.17) is 5.14 Å². The molecule has 0 unspecified atom stereocenters. The highest BCUT2D eigenvalue weighted by atomic mass is 32.2. The Labute approximate surface area is 92.1 Å². The molecule has 0 aliphatic carbocycles. The van der Waals surface area contributed by atoms with Crippen molar-refractivity contribution >= 4 is 16.0 Å². The molecular weight excluding hydrogens is 237 g/mol. The molecule has 0 aromatic heterocycles. The van der Waals surface area contributed by atoms with Crippen molar-refractivity contribution in [3.05, 3.63) is 29.6 Å². The summed E-state index contributed by atoms with van der Waals surface area (Å²) >= 11 is 0. The molecule has 0 saturated carbocycles. The Morgan fingerprint density at radius 1 is 1.50 bits per heavy atom. The maximum atomic E-state index is 13.1. The zero-order valence-corrected chi connectivity index (χ0v) is 9.25. The van der Waals surface area contributed by atoms with Crippen molar-refractivity contribution in [2.45, 2.75) is 11.8 Å². The molecule has 0 spiro atoms. The van der Waals surface area contributed by atoms with Gasteiger partial charge in [-0.05, 0) is 25.1 Å². The number of carbonyl (C=O) groups is 1. The van der Waals surface area contributed by atoms with Crippen LogP contribution >= 0.6 is 0 Å². The zero-order valence-electron chi connectivity index (χ0n) is 8.44. The van der Waals surface area contributed by atoms with Gasteiger partial charge in [-0.15, -0.1) is 0 Å². The standard InChI is InChI=1S/C9H10FNO4S/c1-2-15-9(12)6-3-4-7(10)8(5-6)16(11,13)14/h3-5H,2H2,1H3,(H2,11,13,14). The first kappa shape index (κ1) is 12.6. The van der Waals surface area contributed by atoms with Crippen molar-refractivity contribution in [1.82, 2.24) is 0 Å². The Morgan fingerprint density at radius 2 is 2.12 bits per heavy atom. The normalized spacial score (nSPS) is 11.2. The van der Waals surface area contributed by atoms with Gasteiger partial charge in [-0.25, -0.2) is 22.7 Å². The van der Waals surface area contributed by atoms with Gasteiger partial charge < -0.3 is 4.74 Å². The summed E-state index contributed by atoms with van der Waals surface area (Å²) in [4.78, 5) is 10.5. The van der Waals surface area contributed by atoms with Crippen LogP contribution in [0.4, 0.5) is 4.39 Å². The van der Waals surface area contributed by atoms with Crippen LogP contribution in [0.15, 0.2) is 23.1 Å². The first-order valence-corrected chi connectivity index (χ1v) is 5.90. The summed E-state index contributed by atoms with van der Waals surface area (Å²) in [6.45, 7) is 1.74. The van der Waals surface area contributed by atoms with Gasteiger partial charge in [0.1, 0.15) is 10.7 Å². The quantitative estimate of drug-likeness (QED) is 0.794. The van der Waals surface area contributed by atoms with Gasteiger partial charge in [0.25, 0.3) is 0 Å². The van der Waals surface area contributed by atoms with Crippen LogP contribution in [-0.4, -0.2) is 21.0 Å². The van der Waals surface area contributed by atoms with Crippen LogP contribution in [0.2, 0.25) is 0 Å². The van der Waals surface area contributed by atoms with Crippen molar-refractivity contribution in [3.8, 4) is 0 Å². The second-order valence-corrected chi connectivity index (χ2v) is 4.44. The number of sulfonamides is 1. The molecule has 0 aliphatic rings. The zero-order chi connectivity index (χ0) is 12.3. The lowest BCUT2D eigenvalue weighted by molar-refractivity contribution is 0.0526. The van der Waals surface area contributed by atoms with Crippen LogP contribution in [0.25, 0.3) is 0 Å². The molecule has 5 nitrogen and oxygen atoms in total. The number of benzene rings is 1. The number of rotatable bonds is 3. The molecular formula is C9H10FNO4S. The minimum absolute atomic E-state index is 0.0627. The molecule has 1 aromatic carbocycles. The van der Waals surface area contributed by atoms with E-state index < -0.39 is 26.7 Å². The molecule has 1 rings (SSSR count). The lowest BCUT2D eigenvalue weighted by Gasteiger charge is -2.04. The minimum Gasteiger partial charge on any atom is -0.462 e. The Hall–Kier alpha value is -1.47. The number of hydrogen-bond acceptors (Lipinski definition) is 4. The molecule has 7 heteroatoms. The first-order valence-electron chi connectivity index (χ1n) is 4.35. The van der Waals surface area contributed by atoms with E-state index in [0.717, 1.165) is 18.2 Å². The highest BCUT2D eigenvalue weighted by Gasteiger charge is 2.17. The summed E-state index contributed by atoms with van der Waals surface area (Å²) in [7, 11) is -4.19. The molecule has 16 heavy (non-hydrogen) atoms. The largest absolute Gasteiger partial charge is 0.462 e. The fourth-order valence-corrected chi connectivity index (χ4v) is 1.69. The van der Waals surface area contributed by atoms with Crippen LogP contribution in [0, 0.1) is 5.82 Å². The molecule has 0 radical (unpaired) electrons. The van der Waals surface area contributed by atoms with Gasteiger partial charge in [-0.1, -0.05) is 0 Å². The third kappa shape index (κ3) is 2.77. The number of hydrogen-bond donors (Lipinski definition) is 1. The maximum Gasteiger partial charge on any atom is 0.338 e. The number of ether oxygens (including phenoxy) is 1. The number of nitrogens with two attached hydrogens (primary N) is 1. The predicted molar refractivity (Wildman–Crippen MR) is 53.7 cm³/mol. The molecule has 0 amide bonds. The number of halogens is 1. The number of primary sulfonamides is 1. The van der Waals surface area contributed by atoms with Crippen LogP contribution in [0.3, 0.4) is 0 Å². The van der Waals surface area contributed by atoms with Gasteiger partial charge >= 0.3 is 5.97 Å². The molecule has 1 aromatic rings. The highest BCUT2D eigenvalue weighted by molar-refractivity contribution is 7.89. The molecule has 0 aliphatic heterocycles. The summed E-state index contributed by atoms with van der Waals surface area (Å²) in [6, 6.07) is 2.83. The average molecular weight is 247 g/mol. The number of carbonyl (C=O) groups excluding carboxylic acids is 1. The van der Waals surface area contributed by atoms with Crippen molar-refractivity contribution < 1.29 is 22.3 Å². The Kier molecular flexibility index (Phi) is 3.61. The Morgan fingerprint density at radius 3 is 2.62 bits per heavy atom. The first-order chi connectivity index (χ1) is 7.36. The van der Waals surface area contributed by atoms with Crippen molar-refractivity contribution in [1.29, 1.82) is 0 Å². The average Bonchev–Trinajstić information content (AvgIpc) is 2.16. The highest BCUT2D eigenvalue weighted by Crippen LogP contribution is 2.15. The topological polar surface area (TPSA) is 86.5 Å². The van der Waals surface area contributed by atoms with Gasteiger partial charge in [0.05, 0.1) is 12.2 Å². The van der Waals surface area contributed by atoms with Gasteiger partial charge in [0, 0.05) is 0 Å². The van der Waals surface area contributed by atoms with Crippen molar-refractivity contribution in [2.24, 2.45) is 5.14 Å². The summed E-state index contributed by atoms with van der Waals surface area (Å²) in [5.41, 5.74) is -0.0627. The van der Waals surface area contributed by atoms with Gasteiger partial charge in [-0.2, -0.15) is 0 Å². The minimum atomic E-state index is -4.19. The monoisotopic (exact) mass is 247 g/mol. The summed E-state index contributed by atoms with van der Waals surface area (Å²) in [5, 5.41) is 4.78. The lowest BCUT2D eigenvalue weighted by Crippen LogP contribution is -2.15. The van der Waals surface area contributed by atoms with Crippen LogP contribution in [0.5, 0.6) is 0 Å². The molecule has 0 heterocycles. The van der Waals surface area contributed by atoms with E-state index in [9.17, 15) is 17.6 Å². The molecule has 0 saturated heterocycles. The van der Waals surface area contributed by atoms with Crippen molar-refractivity contribution in [3.63, 3.8) is 0 Å². The fraction of sp³-hybridized carbons (Fsp3) is 0.222. The Balaban J connectivity index is 3.23. The second kappa shape index (κ2) is 4.58. The fourth-order valence-electron chi connectivity index (χ4n) is 1.06. The van der Waals surface area contributed by atoms with Crippen molar-refractivity contribution in [2.75, 3.05) is 6.61 Å². The molecule has 0 fully saturated rings. The van der Waals surface area contributed by atoms with E-state index in [0.29, 0.717) is 0 Å². The van der Waals surface area contributed by atoms with Crippen LogP contribution < -0.4 is 5.14 Å². The second-order valence-electron chi connectivity index (χ2n) is 2.91. The Bertz CT molecular complexity index is 512. The number of esters is 1. The molecule has 2 N–H and O–H groups in total. The summed E-state index contributed by atoms with van der Waals surface area (Å²) < 4.78 is 39.7. The van der Waals surface area contributed by atoms with E-state index in [-0.39, 0.29) is 12.2 Å². The van der Waals surface area contributed by atoms with Gasteiger partial charge in [-0.3, -0.25) is 0 Å². The molecule has 0 atom stereocenters. The van der Waals surface area contributed by atoms with E-state index >= 15 is 0 Å². The summed E-state index contributed by atoms with van der Waals surface area (Å²) in [5.74, 6) is -1.73. The maximum absolute atomic E-state index is 13.1. The van der Waals surface area contributed by atoms with Gasteiger partial charge in [0.2, 0.25) is 10.0 Å². The third-order valence-corrected chi connectivity index (χ3v) is 2.67. The SMILES string of the molecule is CCOC(=O)c1ccc(F)c(S(N)(=O)=O)c1. The van der Waals surface area contributed by atoms with E-state index in [1.807, 2.05) is 0 Å². The van der Waals surface area contributed by atoms with Crippen LogP contribution in [0.1, 0.15) is 17.3 Å².